The lowest BCUT2D eigenvalue weighted by atomic mass is 10.2. The van der Waals surface area contributed by atoms with E-state index in [1.165, 1.54) is 12.3 Å². The molecule has 0 atom stereocenters. The van der Waals surface area contributed by atoms with Crippen molar-refractivity contribution in [3.8, 4) is 17.2 Å². The van der Waals surface area contributed by atoms with Crippen LogP contribution in [0.15, 0.2) is 63.7 Å². The summed E-state index contributed by atoms with van der Waals surface area (Å²) in [4.78, 5) is 16.2. The van der Waals surface area contributed by atoms with Crippen LogP contribution in [0.4, 0.5) is 0 Å². The molecular weight excluding hydrogens is 362 g/mol. The van der Waals surface area contributed by atoms with E-state index in [1.807, 2.05) is 30.3 Å². The van der Waals surface area contributed by atoms with Gasteiger partial charge in [-0.25, -0.2) is 9.78 Å². The van der Waals surface area contributed by atoms with Gasteiger partial charge in [0.2, 0.25) is 5.89 Å². The van der Waals surface area contributed by atoms with Gasteiger partial charge in [0, 0.05) is 5.56 Å². The van der Waals surface area contributed by atoms with Gasteiger partial charge in [-0.05, 0) is 46.3 Å². The van der Waals surface area contributed by atoms with Gasteiger partial charge in [0.05, 0.1) is 10.0 Å². The third-order valence-electron chi connectivity index (χ3n) is 3.11. The normalized spacial score (nSPS) is 10.5. The molecule has 0 amide bonds. The van der Waals surface area contributed by atoms with E-state index in [1.54, 1.807) is 12.1 Å². The van der Waals surface area contributed by atoms with Crippen molar-refractivity contribution in [3.05, 3.63) is 70.5 Å². The number of hydrogen-bond acceptors (Lipinski definition) is 5. The molecular formula is C17H12BrNO4. The second-order valence-electron chi connectivity index (χ2n) is 4.75. The third-order valence-corrected chi connectivity index (χ3v) is 3.78. The molecule has 0 saturated carbocycles. The number of aromatic hydroxyl groups is 1. The van der Waals surface area contributed by atoms with Crippen LogP contribution in [0.2, 0.25) is 0 Å². The van der Waals surface area contributed by atoms with Gasteiger partial charge < -0.3 is 14.3 Å². The minimum atomic E-state index is -0.544. The minimum Gasteiger partial charge on any atom is -0.507 e. The number of esters is 1. The lowest BCUT2D eigenvalue weighted by molar-refractivity contribution is 0.0467. The first-order chi connectivity index (χ1) is 11.1. The molecule has 0 aliphatic heterocycles. The summed E-state index contributed by atoms with van der Waals surface area (Å²) in [5, 5.41) is 9.58. The predicted octanol–water partition coefficient (Wildman–Crippen LogP) is 4.17. The summed E-state index contributed by atoms with van der Waals surface area (Å²) in [5.41, 5.74) is 1.62. The monoisotopic (exact) mass is 373 g/mol. The van der Waals surface area contributed by atoms with Gasteiger partial charge in [-0.1, -0.05) is 18.2 Å². The zero-order valence-corrected chi connectivity index (χ0v) is 13.5. The number of benzene rings is 2. The fourth-order valence-corrected chi connectivity index (χ4v) is 2.20. The molecule has 0 unspecified atom stereocenters. The summed E-state index contributed by atoms with van der Waals surface area (Å²) in [6.07, 6.45) is 1.45. The van der Waals surface area contributed by atoms with Crippen molar-refractivity contribution >= 4 is 21.9 Å². The number of carbonyl (C=O) groups is 1. The third kappa shape index (κ3) is 3.60. The first-order valence-corrected chi connectivity index (χ1v) is 7.58. The second kappa shape index (κ2) is 6.66. The number of phenols is 1. The molecule has 116 valence electrons. The van der Waals surface area contributed by atoms with E-state index in [0.717, 1.165) is 5.56 Å². The smallest absolute Gasteiger partial charge is 0.338 e. The number of nitrogens with zero attached hydrogens (tertiary/aromatic N) is 1. The van der Waals surface area contributed by atoms with Crippen molar-refractivity contribution in [2.75, 3.05) is 0 Å². The summed E-state index contributed by atoms with van der Waals surface area (Å²) < 4.78 is 11.1. The maximum atomic E-state index is 12.0. The zero-order valence-electron chi connectivity index (χ0n) is 11.9. The van der Waals surface area contributed by atoms with Gasteiger partial charge in [0.15, 0.2) is 0 Å². The highest BCUT2D eigenvalue weighted by Gasteiger charge is 2.12. The van der Waals surface area contributed by atoms with Crippen LogP contribution in [0, 0.1) is 0 Å². The average Bonchev–Trinajstić information content (AvgIpc) is 3.05. The fraction of sp³-hybridized carbons (Fsp3) is 0.0588. The topological polar surface area (TPSA) is 72.6 Å². The van der Waals surface area contributed by atoms with Gasteiger partial charge >= 0.3 is 5.97 Å². The number of carbonyl (C=O) groups excluding carboxylic acids is 1. The van der Waals surface area contributed by atoms with E-state index in [2.05, 4.69) is 20.9 Å². The lowest BCUT2D eigenvalue weighted by Gasteiger charge is -2.04. The van der Waals surface area contributed by atoms with Gasteiger partial charge in [-0.3, -0.25) is 0 Å². The SMILES string of the molecule is O=C(OCc1coc(-c2ccccc2)n1)c1ccc(Br)c(O)c1. The van der Waals surface area contributed by atoms with Crippen LogP contribution in [-0.4, -0.2) is 16.1 Å². The minimum absolute atomic E-state index is 0.00794. The van der Waals surface area contributed by atoms with E-state index in [0.29, 0.717) is 16.1 Å². The first kappa shape index (κ1) is 15.3. The van der Waals surface area contributed by atoms with Gasteiger partial charge in [-0.15, -0.1) is 0 Å². The number of halogens is 1. The highest BCUT2D eigenvalue weighted by atomic mass is 79.9. The molecule has 5 nitrogen and oxygen atoms in total. The first-order valence-electron chi connectivity index (χ1n) is 6.79. The van der Waals surface area contributed by atoms with Crippen LogP contribution in [-0.2, 0) is 11.3 Å². The molecule has 0 aliphatic carbocycles. The van der Waals surface area contributed by atoms with Crippen LogP contribution in [0.1, 0.15) is 16.1 Å². The summed E-state index contributed by atoms with van der Waals surface area (Å²) in [7, 11) is 0. The van der Waals surface area contributed by atoms with Gasteiger partial charge in [-0.2, -0.15) is 0 Å². The lowest BCUT2D eigenvalue weighted by Crippen LogP contribution is -2.05. The fourth-order valence-electron chi connectivity index (χ4n) is 1.95. The van der Waals surface area contributed by atoms with Gasteiger partial charge in [0.1, 0.15) is 24.3 Å². The van der Waals surface area contributed by atoms with Crippen molar-refractivity contribution in [1.82, 2.24) is 4.98 Å². The summed E-state index contributed by atoms with van der Waals surface area (Å²) in [6.45, 7) is -0.00794. The van der Waals surface area contributed by atoms with Crippen LogP contribution in [0.25, 0.3) is 11.5 Å². The summed E-state index contributed by atoms with van der Waals surface area (Å²) in [6, 6.07) is 13.9. The van der Waals surface area contributed by atoms with Crippen LogP contribution < -0.4 is 0 Å². The molecule has 6 heteroatoms. The van der Waals surface area contributed by atoms with Crippen molar-refractivity contribution in [2.24, 2.45) is 0 Å². The number of hydrogen-bond donors (Lipinski definition) is 1. The largest absolute Gasteiger partial charge is 0.507 e. The zero-order chi connectivity index (χ0) is 16.2. The molecule has 2 aromatic carbocycles. The highest BCUT2D eigenvalue weighted by Crippen LogP contribution is 2.25. The number of aromatic nitrogens is 1. The van der Waals surface area contributed by atoms with E-state index >= 15 is 0 Å². The summed E-state index contributed by atoms with van der Waals surface area (Å²) >= 11 is 3.15. The molecule has 0 radical (unpaired) electrons. The van der Waals surface area contributed by atoms with Gasteiger partial charge in [0.25, 0.3) is 0 Å². The molecule has 23 heavy (non-hydrogen) atoms. The molecule has 1 heterocycles. The summed E-state index contributed by atoms with van der Waals surface area (Å²) in [5.74, 6) is -0.0951. The number of rotatable bonds is 4. The van der Waals surface area contributed by atoms with E-state index in [4.69, 9.17) is 9.15 Å². The van der Waals surface area contributed by atoms with Crippen LogP contribution in [0.5, 0.6) is 5.75 Å². The molecule has 1 N–H and O–H groups in total. The molecule has 3 rings (SSSR count). The Bertz CT molecular complexity index is 830. The van der Waals surface area contributed by atoms with E-state index < -0.39 is 5.97 Å². The Kier molecular flexibility index (Phi) is 4.43. The van der Waals surface area contributed by atoms with E-state index in [-0.39, 0.29) is 17.9 Å². The number of ether oxygens (including phenoxy) is 1. The molecule has 0 aliphatic rings. The Morgan fingerprint density at radius 2 is 2.00 bits per heavy atom. The van der Waals surface area contributed by atoms with Crippen LogP contribution >= 0.6 is 15.9 Å². The Morgan fingerprint density at radius 3 is 2.74 bits per heavy atom. The van der Waals surface area contributed by atoms with Crippen LogP contribution in [0.3, 0.4) is 0 Å². The molecule has 0 fully saturated rings. The van der Waals surface area contributed by atoms with Crippen molar-refractivity contribution in [3.63, 3.8) is 0 Å². The van der Waals surface area contributed by atoms with Crippen molar-refractivity contribution in [2.45, 2.75) is 6.61 Å². The van der Waals surface area contributed by atoms with E-state index in [9.17, 15) is 9.90 Å². The maximum Gasteiger partial charge on any atom is 0.338 e. The Morgan fingerprint density at radius 1 is 1.22 bits per heavy atom. The maximum absolute atomic E-state index is 12.0. The molecule has 1 aromatic heterocycles. The quantitative estimate of drug-likeness (QED) is 0.694. The predicted molar refractivity (Wildman–Crippen MR) is 86.9 cm³/mol. The number of phenolic OH excluding ortho intramolecular Hbond substituents is 1. The molecule has 0 spiro atoms. The molecule has 0 bridgehead atoms. The molecule has 3 aromatic rings. The second-order valence-corrected chi connectivity index (χ2v) is 5.61. The standard InChI is InChI=1S/C17H12BrNO4/c18-14-7-6-12(8-15(14)20)17(21)23-10-13-9-22-16(19-13)11-4-2-1-3-5-11/h1-9,20H,10H2. The van der Waals surface area contributed by atoms with Crippen molar-refractivity contribution < 1.29 is 19.1 Å². The van der Waals surface area contributed by atoms with Crippen molar-refractivity contribution in [1.29, 1.82) is 0 Å². The Hall–Kier alpha value is -2.60. The Labute approximate surface area is 140 Å². The number of oxazole rings is 1. The highest BCUT2D eigenvalue weighted by molar-refractivity contribution is 9.10. The Balaban J connectivity index is 1.65. The molecule has 0 saturated heterocycles. The average molecular weight is 374 g/mol.